The molecule has 0 bridgehead atoms. The first-order valence-electron chi connectivity index (χ1n) is 5.71. The Hall–Kier alpha value is -0.120. The molecule has 14 heavy (non-hydrogen) atoms. The average Bonchev–Trinajstić information content (AvgIpc) is 2.99. The molecule has 84 valence electrons. The molecule has 0 aromatic rings. The maximum atomic E-state index is 5.65. The van der Waals surface area contributed by atoms with Crippen molar-refractivity contribution in [2.75, 3.05) is 26.7 Å². The fourth-order valence-corrected chi connectivity index (χ4v) is 1.86. The predicted molar refractivity (Wildman–Crippen MR) is 59.3 cm³/mol. The molecule has 0 amide bonds. The Bertz CT molecular complexity index is 159. The summed E-state index contributed by atoms with van der Waals surface area (Å²) in [6.45, 7) is 6.66. The Kier molecular flexibility index (Phi) is 4.85. The van der Waals surface area contributed by atoms with E-state index in [0.717, 1.165) is 19.1 Å². The summed E-state index contributed by atoms with van der Waals surface area (Å²) in [7, 11) is 2.17. The normalized spacial score (nSPS) is 21.2. The highest BCUT2D eigenvalue weighted by atomic mass is 16.5. The van der Waals surface area contributed by atoms with Crippen molar-refractivity contribution in [3.05, 3.63) is 0 Å². The molecule has 0 aliphatic heterocycles. The molecule has 0 heterocycles. The smallest absolute Gasteiger partial charge is 0.0823 e. The van der Waals surface area contributed by atoms with E-state index in [0.29, 0.717) is 12.6 Å². The van der Waals surface area contributed by atoms with Crippen molar-refractivity contribution >= 4 is 0 Å². The van der Waals surface area contributed by atoms with E-state index >= 15 is 0 Å². The fraction of sp³-hybridized carbons (Fsp3) is 1.00. The van der Waals surface area contributed by atoms with Gasteiger partial charge in [-0.2, -0.15) is 0 Å². The van der Waals surface area contributed by atoms with Crippen molar-refractivity contribution in [2.45, 2.75) is 38.8 Å². The molecule has 0 spiro atoms. The first-order valence-corrected chi connectivity index (χ1v) is 5.71. The molecule has 3 heteroatoms. The highest BCUT2D eigenvalue weighted by Crippen LogP contribution is 2.34. The summed E-state index contributed by atoms with van der Waals surface area (Å²) in [6.07, 6.45) is 2.99. The lowest BCUT2D eigenvalue weighted by atomic mass is 10.2. The molecular formula is C11H24N2O. The van der Waals surface area contributed by atoms with Crippen molar-refractivity contribution < 1.29 is 4.74 Å². The molecule has 1 rings (SSSR count). The SMILES string of the molecule is CCOC(CN)CN(C)C(C)C1CC1. The molecule has 0 radical (unpaired) electrons. The number of nitrogens with zero attached hydrogens (tertiary/aromatic N) is 1. The molecule has 1 aliphatic rings. The van der Waals surface area contributed by atoms with Crippen LogP contribution in [0.4, 0.5) is 0 Å². The van der Waals surface area contributed by atoms with Crippen LogP contribution in [0.15, 0.2) is 0 Å². The number of nitrogens with two attached hydrogens (primary N) is 1. The fourth-order valence-electron chi connectivity index (χ4n) is 1.86. The molecule has 1 aliphatic carbocycles. The summed E-state index contributed by atoms with van der Waals surface area (Å²) < 4.78 is 5.55. The summed E-state index contributed by atoms with van der Waals surface area (Å²) in [6, 6.07) is 0.685. The molecule has 1 saturated carbocycles. The van der Waals surface area contributed by atoms with Crippen LogP contribution in [0.5, 0.6) is 0 Å². The van der Waals surface area contributed by atoms with Gasteiger partial charge in [-0.3, -0.25) is 0 Å². The Labute approximate surface area is 87.6 Å². The molecule has 0 aromatic carbocycles. The van der Waals surface area contributed by atoms with Gasteiger partial charge in [-0.25, -0.2) is 0 Å². The van der Waals surface area contributed by atoms with Crippen LogP contribution in [0, 0.1) is 5.92 Å². The molecular weight excluding hydrogens is 176 g/mol. The van der Waals surface area contributed by atoms with Crippen LogP contribution in [0.2, 0.25) is 0 Å². The number of ether oxygens (including phenoxy) is 1. The second kappa shape index (κ2) is 5.69. The number of likely N-dealkylation sites (N-methyl/N-ethyl adjacent to an activating group) is 1. The van der Waals surface area contributed by atoms with Crippen LogP contribution in [-0.2, 0) is 4.74 Å². The quantitative estimate of drug-likeness (QED) is 0.668. The van der Waals surface area contributed by atoms with Crippen molar-refractivity contribution in [1.29, 1.82) is 0 Å². The van der Waals surface area contributed by atoms with Crippen LogP contribution in [0.3, 0.4) is 0 Å². The second-order valence-corrected chi connectivity index (χ2v) is 4.33. The molecule has 1 fully saturated rings. The van der Waals surface area contributed by atoms with Gasteiger partial charge in [-0.05, 0) is 39.7 Å². The Morgan fingerprint density at radius 1 is 1.50 bits per heavy atom. The van der Waals surface area contributed by atoms with Crippen LogP contribution in [-0.4, -0.2) is 43.8 Å². The Morgan fingerprint density at radius 3 is 2.57 bits per heavy atom. The van der Waals surface area contributed by atoms with Gasteiger partial charge in [0, 0.05) is 25.7 Å². The summed E-state index contributed by atoms with van der Waals surface area (Å²) in [4.78, 5) is 2.38. The maximum Gasteiger partial charge on any atom is 0.0823 e. The summed E-state index contributed by atoms with van der Waals surface area (Å²) >= 11 is 0. The number of hydrogen-bond acceptors (Lipinski definition) is 3. The third-order valence-electron chi connectivity index (χ3n) is 3.16. The average molecular weight is 200 g/mol. The first-order chi connectivity index (χ1) is 6.69. The van der Waals surface area contributed by atoms with Gasteiger partial charge in [0.1, 0.15) is 0 Å². The van der Waals surface area contributed by atoms with E-state index in [2.05, 4.69) is 18.9 Å². The van der Waals surface area contributed by atoms with Crippen molar-refractivity contribution in [3.63, 3.8) is 0 Å². The van der Waals surface area contributed by atoms with E-state index in [1.807, 2.05) is 6.92 Å². The minimum Gasteiger partial charge on any atom is -0.376 e. The summed E-state index contributed by atoms with van der Waals surface area (Å²) in [5.74, 6) is 0.917. The minimum absolute atomic E-state index is 0.200. The molecule has 0 aromatic heterocycles. The lowest BCUT2D eigenvalue weighted by Crippen LogP contribution is -2.41. The second-order valence-electron chi connectivity index (χ2n) is 4.33. The van der Waals surface area contributed by atoms with Crippen LogP contribution in [0.25, 0.3) is 0 Å². The molecule has 2 atom stereocenters. The van der Waals surface area contributed by atoms with Gasteiger partial charge < -0.3 is 15.4 Å². The minimum atomic E-state index is 0.200. The highest BCUT2D eigenvalue weighted by molar-refractivity contribution is 4.84. The summed E-state index contributed by atoms with van der Waals surface area (Å²) in [5, 5.41) is 0. The summed E-state index contributed by atoms with van der Waals surface area (Å²) in [5.41, 5.74) is 5.65. The van der Waals surface area contributed by atoms with Gasteiger partial charge in [-0.1, -0.05) is 0 Å². The maximum absolute atomic E-state index is 5.65. The van der Waals surface area contributed by atoms with Gasteiger partial charge in [0.25, 0.3) is 0 Å². The van der Waals surface area contributed by atoms with Gasteiger partial charge in [0.15, 0.2) is 0 Å². The monoisotopic (exact) mass is 200 g/mol. The topological polar surface area (TPSA) is 38.5 Å². The van der Waals surface area contributed by atoms with Crippen molar-refractivity contribution in [1.82, 2.24) is 4.90 Å². The van der Waals surface area contributed by atoms with Crippen LogP contribution in [0.1, 0.15) is 26.7 Å². The predicted octanol–water partition coefficient (Wildman–Crippen LogP) is 1.08. The first kappa shape index (κ1) is 12.0. The molecule has 3 nitrogen and oxygen atoms in total. The molecule has 2 unspecified atom stereocenters. The van der Waals surface area contributed by atoms with Crippen LogP contribution >= 0.6 is 0 Å². The largest absolute Gasteiger partial charge is 0.376 e. The van der Waals surface area contributed by atoms with Crippen molar-refractivity contribution in [3.8, 4) is 0 Å². The van der Waals surface area contributed by atoms with E-state index < -0.39 is 0 Å². The zero-order valence-corrected chi connectivity index (χ0v) is 9.70. The van der Waals surface area contributed by atoms with Gasteiger partial charge in [0.2, 0.25) is 0 Å². The van der Waals surface area contributed by atoms with Gasteiger partial charge in [-0.15, -0.1) is 0 Å². The Balaban J connectivity index is 2.25. The number of hydrogen-bond donors (Lipinski definition) is 1. The number of rotatable bonds is 7. The van der Waals surface area contributed by atoms with E-state index in [-0.39, 0.29) is 6.10 Å². The zero-order valence-electron chi connectivity index (χ0n) is 9.70. The van der Waals surface area contributed by atoms with E-state index in [9.17, 15) is 0 Å². The van der Waals surface area contributed by atoms with Gasteiger partial charge in [0.05, 0.1) is 6.10 Å². The van der Waals surface area contributed by atoms with Crippen molar-refractivity contribution in [2.24, 2.45) is 11.7 Å². The van der Waals surface area contributed by atoms with Gasteiger partial charge >= 0.3 is 0 Å². The third-order valence-corrected chi connectivity index (χ3v) is 3.16. The van der Waals surface area contributed by atoms with E-state index in [1.54, 1.807) is 0 Å². The Morgan fingerprint density at radius 2 is 2.14 bits per heavy atom. The third kappa shape index (κ3) is 3.56. The lowest BCUT2D eigenvalue weighted by molar-refractivity contribution is 0.0350. The molecule has 0 saturated heterocycles. The molecule has 2 N–H and O–H groups in total. The zero-order chi connectivity index (χ0) is 10.6. The highest BCUT2D eigenvalue weighted by Gasteiger charge is 2.30. The van der Waals surface area contributed by atoms with E-state index in [4.69, 9.17) is 10.5 Å². The lowest BCUT2D eigenvalue weighted by Gasteiger charge is -2.28. The standard InChI is InChI=1S/C11H24N2O/c1-4-14-11(7-12)8-13(3)9(2)10-5-6-10/h9-11H,4-8,12H2,1-3H3. The van der Waals surface area contributed by atoms with Crippen LogP contribution < -0.4 is 5.73 Å². The van der Waals surface area contributed by atoms with E-state index in [1.165, 1.54) is 12.8 Å².